The van der Waals surface area contributed by atoms with E-state index in [1.807, 2.05) is 0 Å². The van der Waals surface area contributed by atoms with Gasteiger partial charge in [-0.25, -0.2) is 9.37 Å². The lowest BCUT2D eigenvalue weighted by Crippen LogP contribution is -2.16. The number of nitrogens with zero attached hydrogens (tertiary/aromatic N) is 1. The number of nitrogen functional groups attached to an aromatic ring is 1. The summed E-state index contributed by atoms with van der Waals surface area (Å²) in [6.45, 7) is 0.545. The summed E-state index contributed by atoms with van der Waals surface area (Å²) in [5, 5.41) is 3.22. The van der Waals surface area contributed by atoms with E-state index in [0.717, 1.165) is 0 Å². The molecule has 0 radical (unpaired) electrons. The number of nitrogens with two attached hydrogens (primary N) is 1. The van der Waals surface area contributed by atoms with Gasteiger partial charge in [-0.15, -0.1) is 0 Å². The predicted molar refractivity (Wildman–Crippen MR) is 48.5 cm³/mol. The van der Waals surface area contributed by atoms with Gasteiger partial charge in [-0.2, -0.15) is 0 Å². The highest BCUT2D eigenvalue weighted by Gasteiger charge is 2.20. The van der Waals surface area contributed by atoms with E-state index in [0.29, 0.717) is 18.2 Å². The van der Waals surface area contributed by atoms with Gasteiger partial charge in [0, 0.05) is 24.3 Å². The lowest BCUT2D eigenvalue weighted by molar-refractivity contribution is 0.586. The molecule has 0 saturated heterocycles. The van der Waals surface area contributed by atoms with Crippen molar-refractivity contribution < 1.29 is 4.39 Å². The van der Waals surface area contributed by atoms with Crippen molar-refractivity contribution in [1.82, 2.24) is 10.3 Å². The second-order valence-corrected chi connectivity index (χ2v) is 3.32. The van der Waals surface area contributed by atoms with Crippen molar-refractivity contribution >= 4 is 5.82 Å². The number of hydrogen-bond donors (Lipinski definition) is 2. The fourth-order valence-corrected chi connectivity index (χ4v) is 1.18. The Hall–Kier alpha value is -1.16. The third kappa shape index (κ3) is 1.95. The van der Waals surface area contributed by atoms with Crippen molar-refractivity contribution in [3.8, 4) is 0 Å². The van der Waals surface area contributed by atoms with Crippen LogP contribution in [0.4, 0.5) is 10.2 Å². The fourth-order valence-electron chi connectivity index (χ4n) is 1.18. The molecule has 70 valence electrons. The zero-order valence-corrected chi connectivity index (χ0v) is 7.26. The van der Waals surface area contributed by atoms with Crippen LogP contribution >= 0.6 is 0 Å². The normalized spacial score (nSPS) is 16.1. The maximum Gasteiger partial charge on any atom is 0.169 e. The topological polar surface area (TPSA) is 50.9 Å². The molecule has 4 heteroatoms. The quantitative estimate of drug-likeness (QED) is 0.733. The van der Waals surface area contributed by atoms with Crippen LogP contribution < -0.4 is 11.1 Å². The third-order valence-corrected chi connectivity index (χ3v) is 2.15. The summed E-state index contributed by atoms with van der Waals surface area (Å²) in [5.74, 6) is -0.411. The molecule has 1 saturated carbocycles. The maximum atomic E-state index is 13.2. The Morgan fingerprint density at radius 2 is 2.38 bits per heavy atom. The molecule has 1 aliphatic rings. The van der Waals surface area contributed by atoms with Gasteiger partial charge in [-0.1, -0.05) is 0 Å². The number of hydrogen-bond acceptors (Lipinski definition) is 3. The van der Waals surface area contributed by atoms with Gasteiger partial charge in [0.05, 0.1) is 0 Å². The number of halogens is 1. The molecule has 0 aliphatic heterocycles. The van der Waals surface area contributed by atoms with E-state index >= 15 is 0 Å². The minimum Gasteiger partial charge on any atom is -0.381 e. The minimum absolute atomic E-state index is 0.0184. The first-order chi connectivity index (χ1) is 6.27. The van der Waals surface area contributed by atoms with Crippen molar-refractivity contribution in [3.63, 3.8) is 0 Å². The molecule has 0 atom stereocenters. The van der Waals surface area contributed by atoms with E-state index in [2.05, 4.69) is 10.3 Å². The standard InChI is InChI=1S/C9H12FN3/c10-8-6(3-4-12-9(8)11)5-13-7-1-2-7/h3-4,7,13H,1-2,5H2,(H2,11,12). The summed E-state index contributed by atoms with van der Waals surface area (Å²) < 4.78 is 13.2. The molecule has 0 aromatic carbocycles. The van der Waals surface area contributed by atoms with Crippen molar-refractivity contribution in [2.75, 3.05) is 5.73 Å². The van der Waals surface area contributed by atoms with Crippen LogP contribution in [0.15, 0.2) is 12.3 Å². The molecule has 0 bridgehead atoms. The Morgan fingerprint density at radius 3 is 3.08 bits per heavy atom. The highest BCUT2D eigenvalue weighted by Crippen LogP contribution is 2.20. The largest absolute Gasteiger partial charge is 0.381 e. The van der Waals surface area contributed by atoms with Gasteiger partial charge in [-0.05, 0) is 18.9 Å². The molecule has 2 rings (SSSR count). The van der Waals surface area contributed by atoms with Gasteiger partial charge in [-0.3, -0.25) is 0 Å². The van der Waals surface area contributed by atoms with Gasteiger partial charge in [0.15, 0.2) is 11.6 Å². The Bertz CT molecular complexity index is 310. The van der Waals surface area contributed by atoms with Gasteiger partial charge in [0.2, 0.25) is 0 Å². The van der Waals surface area contributed by atoms with Gasteiger partial charge >= 0.3 is 0 Å². The molecule has 3 nitrogen and oxygen atoms in total. The van der Waals surface area contributed by atoms with Crippen LogP contribution in [0.25, 0.3) is 0 Å². The first-order valence-corrected chi connectivity index (χ1v) is 4.39. The van der Waals surface area contributed by atoms with E-state index in [-0.39, 0.29) is 5.82 Å². The maximum absolute atomic E-state index is 13.2. The Morgan fingerprint density at radius 1 is 1.62 bits per heavy atom. The average molecular weight is 181 g/mol. The smallest absolute Gasteiger partial charge is 0.169 e. The van der Waals surface area contributed by atoms with Gasteiger partial charge < -0.3 is 11.1 Å². The summed E-state index contributed by atoms with van der Waals surface area (Å²) in [4.78, 5) is 3.66. The molecule has 1 aromatic heterocycles. The molecular weight excluding hydrogens is 169 g/mol. The summed E-state index contributed by atoms with van der Waals surface area (Å²) >= 11 is 0. The Kier molecular flexibility index (Phi) is 2.14. The van der Waals surface area contributed by atoms with E-state index in [9.17, 15) is 4.39 Å². The van der Waals surface area contributed by atoms with Crippen LogP contribution in [0.2, 0.25) is 0 Å². The number of pyridine rings is 1. The van der Waals surface area contributed by atoms with Gasteiger partial charge in [0.25, 0.3) is 0 Å². The number of nitrogens with one attached hydrogen (secondary N) is 1. The van der Waals surface area contributed by atoms with E-state index < -0.39 is 5.82 Å². The van der Waals surface area contributed by atoms with Crippen LogP contribution in [0.1, 0.15) is 18.4 Å². The highest BCUT2D eigenvalue weighted by molar-refractivity contribution is 5.34. The average Bonchev–Trinajstić information content (AvgIpc) is 2.91. The first-order valence-electron chi connectivity index (χ1n) is 4.39. The van der Waals surface area contributed by atoms with E-state index in [1.54, 1.807) is 6.07 Å². The van der Waals surface area contributed by atoms with Crippen molar-refractivity contribution in [3.05, 3.63) is 23.6 Å². The Balaban J connectivity index is 2.05. The summed E-state index contributed by atoms with van der Waals surface area (Å²) in [6.07, 6.45) is 3.92. The van der Waals surface area contributed by atoms with Crippen molar-refractivity contribution in [1.29, 1.82) is 0 Å². The van der Waals surface area contributed by atoms with Crippen LogP contribution in [0, 0.1) is 5.82 Å². The van der Waals surface area contributed by atoms with Gasteiger partial charge in [0.1, 0.15) is 0 Å². The van der Waals surface area contributed by atoms with Crippen LogP contribution in [-0.4, -0.2) is 11.0 Å². The lowest BCUT2D eigenvalue weighted by atomic mass is 10.2. The fraction of sp³-hybridized carbons (Fsp3) is 0.444. The zero-order chi connectivity index (χ0) is 9.26. The number of rotatable bonds is 3. The highest BCUT2D eigenvalue weighted by atomic mass is 19.1. The predicted octanol–water partition coefficient (Wildman–Crippen LogP) is 1.05. The molecule has 1 heterocycles. The van der Waals surface area contributed by atoms with Crippen LogP contribution in [-0.2, 0) is 6.54 Å². The summed E-state index contributed by atoms with van der Waals surface area (Å²) in [6, 6.07) is 2.23. The summed E-state index contributed by atoms with van der Waals surface area (Å²) in [7, 11) is 0. The monoisotopic (exact) mass is 181 g/mol. The van der Waals surface area contributed by atoms with Crippen molar-refractivity contribution in [2.24, 2.45) is 0 Å². The molecule has 1 fully saturated rings. The zero-order valence-electron chi connectivity index (χ0n) is 7.26. The van der Waals surface area contributed by atoms with Crippen LogP contribution in [0.5, 0.6) is 0 Å². The molecule has 13 heavy (non-hydrogen) atoms. The SMILES string of the molecule is Nc1nccc(CNC2CC2)c1F. The second-order valence-electron chi connectivity index (χ2n) is 3.32. The van der Waals surface area contributed by atoms with E-state index in [1.165, 1.54) is 19.0 Å². The summed E-state index contributed by atoms with van der Waals surface area (Å²) in [5.41, 5.74) is 5.93. The molecule has 1 aromatic rings. The van der Waals surface area contributed by atoms with E-state index in [4.69, 9.17) is 5.73 Å². The first kappa shape index (κ1) is 8.44. The van der Waals surface area contributed by atoms with Crippen molar-refractivity contribution in [2.45, 2.75) is 25.4 Å². The molecule has 0 amide bonds. The third-order valence-electron chi connectivity index (χ3n) is 2.15. The number of aromatic nitrogens is 1. The molecular formula is C9H12FN3. The molecule has 0 unspecified atom stereocenters. The lowest BCUT2D eigenvalue weighted by Gasteiger charge is -2.04. The molecule has 3 N–H and O–H groups in total. The molecule has 0 spiro atoms. The number of anilines is 1. The van der Waals surface area contributed by atoms with Crippen LogP contribution in [0.3, 0.4) is 0 Å². The second kappa shape index (κ2) is 3.30. The Labute approximate surface area is 76.2 Å². The minimum atomic E-state index is -0.393. The molecule has 1 aliphatic carbocycles.